The molecule has 1 atom stereocenters. The van der Waals surface area contributed by atoms with Crippen molar-refractivity contribution in [3.05, 3.63) is 35.9 Å². The Kier molecular flexibility index (Phi) is 2.15. The van der Waals surface area contributed by atoms with Crippen molar-refractivity contribution in [2.75, 3.05) is 6.54 Å². The lowest BCUT2D eigenvalue weighted by Gasteiger charge is -2.05. The van der Waals surface area contributed by atoms with Crippen LogP contribution in [-0.4, -0.2) is 6.54 Å². The van der Waals surface area contributed by atoms with Crippen molar-refractivity contribution < 1.29 is 0 Å². The number of hydrogen-bond acceptors (Lipinski definition) is 2. The van der Waals surface area contributed by atoms with Crippen molar-refractivity contribution in [2.45, 2.75) is 11.7 Å². The van der Waals surface area contributed by atoms with Gasteiger partial charge in [0.25, 0.3) is 0 Å². The molecule has 0 amide bonds. The van der Waals surface area contributed by atoms with Crippen molar-refractivity contribution in [3.8, 4) is 0 Å². The SMILES string of the molecule is c1ccc(C2CCNS2)cc1. The third kappa shape index (κ3) is 1.57. The molecule has 1 nitrogen and oxygen atoms in total. The molecule has 0 radical (unpaired) electrons. The molecule has 1 aliphatic heterocycles. The molecule has 0 aliphatic carbocycles. The second-order valence-electron chi connectivity index (χ2n) is 2.70. The molecule has 1 aromatic rings. The Hall–Kier alpha value is -0.470. The predicted octanol–water partition coefficient (Wildman–Crippen LogP) is 2.37. The van der Waals surface area contributed by atoms with Crippen molar-refractivity contribution in [1.82, 2.24) is 4.72 Å². The van der Waals surface area contributed by atoms with Crippen molar-refractivity contribution in [3.63, 3.8) is 0 Å². The zero-order chi connectivity index (χ0) is 7.52. The van der Waals surface area contributed by atoms with E-state index in [1.54, 1.807) is 0 Å². The summed E-state index contributed by atoms with van der Waals surface area (Å²) in [7, 11) is 0. The third-order valence-corrected chi connectivity index (χ3v) is 3.07. The molecule has 2 heteroatoms. The standard InChI is InChI=1S/C9H11NS/c1-2-4-8(5-3-1)9-6-7-10-11-9/h1-5,9-10H,6-7H2. The highest BCUT2D eigenvalue weighted by Crippen LogP contribution is 2.33. The van der Waals surface area contributed by atoms with E-state index in [2.05, 4.69) is 35.1 Å². The summed E-state index contributed by atoms with van der Waals surface area (Å²) in [6.45, 7) is 1.14. The third-order valence-electron chi connectivity index (χ3n) is 1.91. The fraction of sp³-hybridized carbons (Fsp3) is 0.333. The predicted molar refractivity (Wildman–Crippen MR) is 49.4 cm³/mol. The van der Waals surface area contributed by atoms with Gasteiger partial charge in [0.05, 0.1) is 0 Å². The van der Waals surface area contributed by atoms with Crippen LogP contribution in [0.5, 0.6) is 0 Å². The highest BCUT2D eigenvalue weighted by Gasteiger charge is 2.16. The van der Waals surface area contributed by atoms with Gasteiger partial charge in [-0.05, 0) is 12.0 Å². The Morgan fingerprint density at radius 3 is 2.73 bits per heavy atom. The molecule has 0 spiro atoms. The molecule has 0 aromatic heterocycles. The summed E-state index contributed by atoms with van der Waals surface area (Å²) < 4.78 is 3.29. The minimum absolute atomic E-state index is 0.677. The van der Waals surface area contributed by atoms with E-state index in [0.717, 1.165) is 6.54 Å². The van der Waals surface area contributed by atoms with E-state index in [1.165, 1.54) is 12.0 Å². The van der Waals surface area contributed by atoms with Crippen LogP contribution in [0.15, 0.2) is 30.3 Å². The lowest BCUT2D eigenvalue weighted by molar-refractivity contribution is 0.841. The van der Waals surface area contributed by atoms with E-state index in [9.17, 15) is 0 Å². The first kappa shape index (κ1) is 7.19. The first-order chi connectivity index (χ1) is 5.47. The summed E-state index contributed by atoms with van der Waals surface area (Å²) in [5, 5.41) is 0.677. The van der Waals surface area contributed by atoms with Crippen LogP contribution >= 0.6 is 11.9 Å². The molecular weight excluding hydrogens is 154 g/mol. The molecule has 1 aliphatic rings. The molecule has 1 fully saturated rings. The van der Waals surface area contributed by atoms with Gasteiger partial charge in [0.15, 0.2) is 0 Å². The monoisotopic (exact) mass is 165 g/mol. The Balaban J connectivity index is 2.16. The number of hydrogen-bond donors (Lipinski definition) is 1. The summed E-state index contributed by atoms with van der Waals surface area (Å²) >= 11 is 1.85. The largest absolute Gasteiger partial charge is 0.264 e. The molecular formula is C9H11NS. The van der Waals surface area contributed by atoms with Crippen molar-refractivity contribution in [1.29, 1.82) is 0 Å². The second kappa shape index (κ2) is 3.28. The average molecular weight is 165 g/mol. The topological polar surface area (TPSA) is 12.0 Å². The van der Waals surface area contributed by atoms with Crippen LogP contribution in [0.25, 0.3) is 0 Å². The first-order valence-electron chi connectivity index (χ1n) is 3.90. The lowest BCUT2D eigenvalue weighted by Crippen LogP contribution is -1.91. The fourth-order valence-corrected chi connectivity index (χ4v) is 2.28. The fourth-order valence-electron chi connectivity index (χ4n) is 1.31. The van der Waals surface area contributed by atoms with Gasteiger partial charge in [0.1, 0.15) is 0 Å². The molecule has 1 unspecified atom stereocenters. The van der Waals surface area contributed by atoms with Gasteiger partial charge in [0, 0.05) is 11.8 Å². The summed E-state index contributed by atoms with van der Waals surface area (Å²) in [4.78, 5) is 0. The van der Waals surface area contributed by atoms with E-state index in [1.807, 2.05) is 11.9 Å². The molecule has 58 valence electrons. The summed E-state index contributed by atoms with van der Waals surface area (Å²) in [6, 6.07) is 10.7. The molecule has 0 bridgehead atoms. The minimum atomic E-state index is 0.677. The van der Waals surface area contributed by atoms with E-state index < -0.39 is 0 Å². The summed E-state index contributed by atoms with van der Waals surface area (Å²) in [5.74, 6) is 0. The first-order valence-corrected chi connectivity index (χ1v) is 4.78. The van der Waals surface area contributed by atoms with Crippen LogP contribution in [0.4, 0.5) is 0 Å². The van der Waals surface area contributed by atoms with E-state index in [0.29, 0.717) is 5.25 Å². The van der Waals surface area contributed by atoms with E-state index in [-0.39, 0.29) is 0 Å². The quantitative estimate of drug-likeness (QED) is 0.641. The zero-order valence-electron chi connectivity index (χ0n) is 6.29. The Labute approximate surface area is 71.3 Å². The highest BCUT2D eigenvalue weighted by atomic mass is 32.2. The van der Waals surface area contributed by atoms with E-state index >= 15 is 0 Å². The number of benzene rings is 1. The molecule has 2 rings (SSSR count). The van der Waals surface area contributed by atoms with Gasteiger partial charge in [-0.25, -0.2) is 0 Å². The molecule has 1 heterocycles. The smallest absolute Gasteiger partial charge is 0.0454 e. The van der Waals surface area contributed by atoms with Gasteiger partial charge in [-0.3, -0.25) is 4.72 Å². The Bertz CT molecular complexity index is 216. The summed E-state index contributed by atoms with van der Waals surface area (Å²) in [6.07, 6.45) is 1.26. The number of nitrogens with one attached hydrogen (secondary N) is 1. The van der Waals surface area contributed by atoms with Crippen LogP contribution in [0.1, 0.15) is 17.2 Å². The maximum atomic E-state index is 3.29. The van der Waals surface area contributed by atoms with Crippen molar-refractivity contribution in [2.24, 2.45) is 0 Å². The summed E-state index contributed by atoms with van der Waals surface area (Å²) in [5.41, 5.74) is 1.45. The van der Waals surface area contributed by atoms with Crippen LogP contribution in [0.3, 0.4) is 0 Å². The Morgan fingerprint density at radius 2 is 2.09 bits per heavy atom. The van der Waals surface area contributed by atoms with Gasteiger partial charge in [-0.2, -0.15) is 0 Å². The van der Waals surface area contributed by atoms with Gasteiger partial charge in [0.2, 0.25) is 0 Å². The molecule has 1 N–H and O–H groups in total. The number of rotatable bonds is 1. The van der Waals surface area contributed by atoms with Gasteiger partial charge in [-0.15, -0.1) is 0 Å². The van der Waals surface area contributed by atoms with Crippen LogP contribution in [-0.2, 0) is 0 Å². The maximum absolute atomic E-state index is 3.29. The maximum Gasteiger partial charge on any atom is 0.0454 e. The zero-order valence-corrected chi connectivity index (χ0v) is 7.10. The lowest BCUT2D eigenvalue weighted by atomic mass is 10.1. The van der Waals surface area contributed by atoms with Crippen LogP contribution < -0.4 is 4.72 Å². The Morgan fingerprint density at radius 1 is 1.27 bits per heavy atom. The van der Waals surface area contributed by atoms with Gasteiger partial charge >= 0.3 is 0 Å². The molecule has 1 saturated heterocycles. The van der Waals surface area contributed by atoms with Gasteiger partial charge in [-0.1, -0.05) is 42.3 Å². The van der Waals surface area contributed by atoms with Crippen LogP contribution in [0.2, 0.25) is 0 Å². The molecule has 1 aromatic carbocycles. The molecule has 0 saturated carbocycles. The minimum Gasteiger partial charge on any atom is -0.264 e. The second-order valence-corrected chi connectivity index (χ2v) is 3.79. The van der Waals surface area contributed by atoms with Crippen LogP contribution in [0, 0.1) is 0 Å². The van der Waals surface area contributed by atoms with Gasteiger partial charge < -0.3 is 0 Å². The average Bonchev–Trinajstić information content (AvgIpc) is 2.58. The van der Waals surface area contributed by atoms with Crippen molar-refractivity contribution >= 4 is 11.9 Å². The highest BCUT2D eigenvalue weighted by molar-refractivity contribution is 7.97. The normalized spacial score (nSPS) is 23.8. The molecule has 11 heavy (non-hydrogen) atoms. The van der Waals surface area contributed by atoms with E-state index in [4.69, 9.17) is 0 Å².